The minimum absolute atomic E-state index is 0.487. The molecular formula is C15H28N2O. The van der Waals surface area contributed by atoms with Gasteiger partial charge in [-0.05, 0) is 51.6 Å². The van der Waals surface area contributed by atoms with E-state index in [0.29, 0.717) is 12.1 Å². The molecule has 1 N–H and O–H groups in total. The first-order valence-electron chi connectivity index (χ1n) is 7.92. The Morgan fingerprint density at radius 2 is 1.78 bits per heavy atom. The van der Waals surface area contributed by atoms with Gasteiger partial charge in [-0.1, -0.05) is 12.8 Å². The van der Waals surface area contributed by atoms with Crippen LogP contribution in [0.1, 0.15) is 51.4 Å². The SMILES string of the molecule is COC1CCCCC1N1CCCC1C1CCCN1. The van der Waals surface area contributed by atoms with Crippen LogP contribution in [0, 0.1) is 0 Å². The number of nitrogens with one attached hydrogen (secondary N) is 1. The summed E-state index contributed by atoms with van der Waals surface area (Å²) >= 11 is 0. The Balaban J connectivity index is 1.68. The number of ether oxygens (including phenoxy) is 1. The Morgan fingerprint density at radius 3 is 2.56 bits per heavy atom. The van der Waals surface area contributed by atoms with Crippen LogP contribution in [0.4, 0.5) is 0 Å². The normalized spacial score (nSPS) is 42.5. The lowest BCUT2D eigenvalue weighted by molar-refractivity contribution is -0.0198. The van der Waals surface area contributed by atoms with Crippen molar-refractivity contribution >= 4 is 0 Å². The maximum Gasteiger partial charge on any atom is 0.0726 e. The molecule has 1 saturated carbocycles. The van der Waals surface area contributed by atoms with Crippen molar-refractivity contribution in [2.45, 2.75) is 75.6 Å². The van der Waals surface area contributed by atoms with Crippen LogP contribution in [0.15, 0.2) is 0 Å². The number of methoxy groups -OCH3 is 1. The van der Waals surface area contributed by atoms with Gasteiger partial charge in [-0.3, -0.25) is 4.90 Å². The maximum atomic E-state index is 5.77. The van der Waals surface area contributed by atoms with Crippen molar-refractivity contribution in [1.29, 1.82) is 0 Å². The minimum atomic E-state index is 0.487. The van der Waals surface area contributed by atoms with Crippen LogP contribution in [0.3, 0.4) is 0 Å². The molecule has 4 unspecified atom stereocenters. The lowest BCUT2D eigenvalue weighted by Gasteiger charge is -2.42. The number of likely N-dealkylation sites (tertiary alicyclic amines) is 1. The standard InChI is InChI=1S/C15H28N2O/c1-18-15-9-3-2-7-14(15)17-11-5-8-13(17)12-6-4-10-16-12/h12-16H,2-11H2,1H3. The number of hydrogen-bond donors (Lipinski definition) is 1. The van der Waals surface area contributed by atoms with Crippen molar-refractivity contribution < 1.29 is 4.74 Å². The molecule has 0 amide bonds. The minimum Gasteiger partial charge on any atom is -0.380 e. The molecule has 2 saturated heterocycles. The molecular weight excluding hydrogens is 224 g/mol. The summed E-state index contributed by atoms with van der Waals surface area (Å²) in [7, 11) is 1.90. The van der Waals surface area contributed by atoms with Crippen LogP contribution in [0.25, 0.3) is 0 Å². The van der Waals surface area contributed by atoms with Crippen molar-refractivity contribution in [2.75, 3.05) is 20.2 Å². The summed E-state index contributed by atoms with van der Waals surface area (Å²) in [6, 6.07) is 2.24. The third kappa shape index (κ3) is 2.45. The lowest BCUT2D eigenvalue weighted by Crippen LogP contribution is -2.53. The molecule has 3 rings (SSSR count). The Morgan fingerprint density at radius 1 is 0.944 bits per heavy atom. The molecule has 0 radical (unpaired) electrons. The van der Waals surface area contributed by atoms with E-state index in [0.717, 1.165) is 12.1 Å². The van der Waals surface area contributed by atoms with Gasteiger partial charge in [0.1, 0.15) is 0 Å². The molecule has 104 valence electrons. The summed E-state index contributed by atoms with van der Waals surface area (Å²) in [5, 5.41) is 3.72. The van der Waals surface area contributed by atoms with Crippen molar-refractivity contribution in [3.05, 3.63) is 0 Å². The Kier molecular flexibility index (Phi) is 4.22. The van der Waals surface area contributed by atoms with Crippen molar-refractivity contribution in [1.82, 2.24) is 10.2 Å². The zero-order valence-electron chi connectivity index (χ0n) is 11.7. The Hall–Kier alpha value is -0.120. The summed E-state index contributed by atoms with van der Waals surface area (Å²) in [5.41, 5.74) is 0. The smallest absolute Gasteiger partial charge is 0.0726 e. The van der Waals surface area contributed by atoms with Crippen LogP contribution in [0.2, 0.25) is 0 Å². The average molecular weight is 252 g/mol. The highest BCUT2D eigenvalue weighted by molar-refractivity contribution is 4.97. The molecule has 4 atom stereocenters. The van der Waals surface area contributed by atoms with E-state index in [1.54, 1.807) is 0 Å². The Labute approximate surface area is 111 Å². The van der Waals surface area contributed by atoms with E-state index in [1.807, 2.05) is 7.11 Å². The molecule has 0 spiro atoms. The van der Waals surface area contributed by atoms with Crippen LogP contribution in [0.5, 0.6) is 0 Å². The fraction of sp³-hybridized carbons (Fsp3) is 1.00. The van der Waals surface area contributed by atoms with Crippen LogP contribution >= 0.6 is 0 Å². The summed E-state index contributed by atoms with van der Waals surface area (Å²) in [6.07, 6.45) is 11.4. The van der Waals surface area contributed by atoms with E-state index in [2.05, 4.69) is 10.2 Å². The van der Waals surface area contributed by atoms with E-state index in [4.69, 9.17) is 4.74 Å². The zero-order chi connectivity index (χ0) is 12.4. The molecule has 1 aliphatic carbocycles. The summed E-state index contributed by atoms with van der Waals surface area (Å²) in [5.74, 6) is 0. The van der Waals surface area contributed by atoms with Gasteiger partial charge in [-0.15, -0.1) is 0 Å². The number of nitrogens with zero attached hydrogens (tertiary/aromatic N) is 1. The van der Waals surface area contributed by atoms with Gasteiger partial charge in [-0.25, -0.2) is 0 Å². The maximum absolute atomic E-state index is 5.77. The summed E-state index contributed by atoms with van der Waals surface area (Å²) in [4.78, 5) is 2.80. The van der Waals surface area contributed by atoms with Gasteiger partial charge in [0.2, 0.25) is 0 Å². The lowest BCUT2D eigenvalue weighted by atomic mass is 9.90. The van der Waals surface area contributed by atoms with Gasteiger partial charge in [0, 0.05) is 25.2 Å². The second kappa shape index (κ2) is 5.89. The third-order valence-corrected chi connectivity index (χ3v) is 5.30. The quantitative estimate of drug-likeness (QED) is 0.833. The molecule has 0 aromatic carbocycles. The molecule has 0 aromatic heterocycles. The largest absolute Gasteiger partial charge is 0.380 e. The highest BCUT2D eigenvalue weighted by atomic mass is 16.5. The first kappa shape index (κ1) is 12.9. The fourth-order valence-corrected chi connectivity index (χ4v) is 4.43. The molecule has 0 bridgehead atoms. The van der Waals surface area contributed by atoms with Gasteiger partial charge in [0.05, 0.1) is 6.10 Å². The van der Waals surface area contributed by atoms with Crippen molar-refractivity contribution in [3.63, 3.8) is 0 Å². The van der Waals surface area contributed by atoms with Crippen LogP contribution in [-0.4, -0.2) is 49.3 Å². The molecule has 0 aromatic rings. The van der Waals surface area contributed by atoms with Gasteiger partial charge < -0.3 is 10.1 Å². The molecule has 3 heteroatoms. The Bertz CT molecular complexity index is 265. The molecule has 3 fully saturated rings. The molecule has 2 aliphatic heterocycles. The molecule has 2 heterocycles. The highest BCUT2D eigenvalue weighted by Crippen LogP contribution is 2.33. The number of hydrogen-bond acceptors (Lipinski definition) is 3. The molecule has 3 nitrogen and oxygen atoms in total. The van der Waals surface area contributed by atoms with E-state index in [9.17, 15) is 0 Å². The fourth-order valence-electron chi connectivity index (χ4n) is 4.43. The van der Waals surface area contributed by atoms with E-state index >= 15 is 0 Å². The monoisotopic (exact) mass is 252 g/mol. The highest BCUT2D eigenvalue weighted by Gasteiger charge is 2.40. The summed E-state index contributed by atoms with van der Waals surface area (Å²) in [6.45, 7) is 2.53. The predicted molar refractivity (Wildman–Crippen MR) is 73.8 cm³/mol. The van der Waals surface area contributed by atoms with Gasteiger partial charge in [0.25, 0.3) is 0 Å². The van der Waals surface area contributed by atoms with Gasteiger partial charge in [-0.2, -0.15) is 0 Å². The van der Waals surface area contributed by atoms with E-state index < -0.39 is 0 Å². The van der Waals surface area contributed by atoms with Gasteiger partial charge in [0.15, 0.2) is 0 Å². The first-order valence-corrected chi connectivity index (χ1v) is 7.92. The van der Waals surface area contributed by atoms with Crippen molar-refractivity contribution in [3.8, 4) is 0 Å². The third-order valence-electron chi connectivity index (χ3n) is 5.30. The second-order valence-electron chi connectivity index (χ2n) is 6.28. The first-order chi connectivity index (χ1) is 8.90. The van der Waals surface area contributed by atoms with Crippen LogP contribution in [-0.2, 0) is 4.74 Å². The zero-order valence-corrected chi connectivity index (χ0v) is 11.7. The van der Waals surface area contributed by atoms with Crippen molar-refractivity contribution in [2.24, 2.45) is 0 Å². The van der Waals surface area contributed by atoms with E-state index in [-0.39, 0.29) is 0 Å². The second-order valence-corrected chi connectivity index (χ2v) is 6.28. The average Bonchev–Trinajstić information content (AvgIpc) is 3.09. The topological polar surface area (TPSA) is 24.5 Å². The summed E-state index contributed by atoms with van der Waals surface area (Å²) < 4.78 is 5.77. The van der Waals surface area contributed by atoms with Crippen LogP contribution < -0.4 is 5.32 Å². The molecule has 3 aliphatic rings. The molecule has 18 heavy (non-hydrogen) atoms. The predicted octanol–water partition coefficient (Wildman–Crippen LogP) is 2.16. The number of rotatable bonds is 3. The van der Waals surface area contributed by atoms with E-state index in [1.165, 1.54) is 64.5 Å². The van der Waals surface area contributed by atoms with Gasteiger partial charge >= 0.3 is 0 Å².